The van der Waals surface area contributed by atoms with Gasteiger partial charge in [0.05, 0.1) is 6.42 Å². The van der Waals surface area contributed by atoms with E-state index in [-0.39, 0.29) is 0 Å². The molecule has 0 heterocycles. The van der Waals surface area contributed by atoms with Crippen molar-refractivity contribution in [1.82, 2.24) is 5.32 Å². The minimum Gasteiger partial charge on any atom is -0.465 e. The van der Waals surface area contributed by atoms with Gasteiger partial charge < -0.3 is 5.11 Å². The molecule has 64 valence electrons. The van der Waals surface area contributed by atoms with Crippen molar-refractivity contribution in [2.75, 3.05) is 0 Å². The highest BCUT2D eigenvalue weighted by molar-refractivity contribution is 5.65. The van der Waals surface area contributed by atoms with Crippen LogP contribution in [0.15, 0.2) is 12.3 Å². The Morgan fingerprint density at radius 3 is 2.45 bits per heavy atom. The summed E-state index contributed by atoms with van der Waals surface area (Å²) in [5.41, 5.74) is 0. The molecule has 1 amide bonds. The van der Waals surface area contributed by atoms with Gasteiger partial charge in [0, 0.05) is 6.20 Å². The maximum absolute atomic E-state index is 11.4. The number of amides is 1. The second-order valence-electron chi connectivity index (χ2n) is 1.67. The summed E-state index contributed by atoms with van der Waals surface area (Å²) in [5.74, 6) is 0. The Balaban J connectivity index is 3.53. The Morgan fingerprint density at radius 2 is 2.09 bits per heavy atom. The summed E-state index contributed by atoms with van der Waals surface area (Å²) in [6.07, 6.45) is -5.38. The summed E-state index contributed by atoms with van der Waals surface area (Å²) in [5, 5.41) is 9.55. The smallest absolute Gasteiger partial charge is 0.408 e. The molecule has 0 atom stereocenters. The van der Waals surface area contributed by atoms with Crippen LogP contribution in [-0.4, -0.2) is 17.4 Å². The van der Waals surface area contributed by atoms with Gasteiger partial charge in [-0.1, -0.05) is 6.08 Å². The Hall–Kier alpha value is -1.20. The molecule has 3 nitrogen and oxygen atoms in total. The van der Waals surface area contributed by atoms with E-state index in [0.29, 0.717) is 6.08 Å². The minimum absolute atomic E-state index is 0.689. The number of carbonyl (C=O) groups is 1. The second kappa shape index (κ2) is 3.85. The van der Waals surface area contributed by atoms with Crippen LogP contribution in [0.1, 0.15) is 6.42 Å². The van der Waals surface area contributed by atoms with Gasteiger partial charge in [0.1, 0.15) is 0 Å². The highest BCUT2D eigenvalue weighted by Crippen LogP contribution is 2.19. The fourth-order valence-electron chi connectivity index (χ4n) is 0.323. The SMILES string of the molecule is O=C(O)NC=CCC(F)(F)F. The zero-order valence-electron chi connectivity index (χ0n) is 5.35. The molecular formula is C5H6F3NO2. The van der Waals surface area contributed by atoms with Crippen molar-refractivity contribution in [3.8, 4) is 0 Å². The quantitative estimate of drug-likeness (QED) is 0.661. The summed E-state index contributed by atoms with van der Waals surface area (Å²) >= 11 is 0. The number of halogens is 3. The topological polar surface area (TPSA) is 49.3 Å². The van der Waals surface area contributed by atoms with Gasteiger partial charge in [0.25, 0.3) is 0 Å². The standard InChI is InChI=1S/C5H6F3NO2/c6-5(7,8)2-1-3-9-4(10)11/h1,3,9H,2H2,(H,10,11). The number of hydrogen-bond acceptors (Lipinski definition) is 1. The molecule has 0 unspecified atom stereocenters. The largest absolute Gasteiger partial charge is 0.465 e. The third-order valence-corrected chi connectivity index (χ3v) is 0.674. The predicted octanol–water partition coefficient (Wildman–Crippen LogP) is 1.72. The van der Waals surface area contributed by atoms with Crippen molar-refractivity contribution >= 4 is 6.09 Å². The van der Waals surface area contributed by atoms with Crippen LogP contribution in [0, 0.1) is 0 Å². The highest BCUT2D eigenvalue weighted by Gasteiger charge is 2.24. The minimum atomic E-state index is -4.28. The van der Waals surface area contributed by atoms with E-state index in [2.05, 4.69) is 0 Å². The first-order valence-electron chi connectivity index (χ1n) is 2.63. The first-order chi connectivity index (χ1) is 4.92. The third kappa shape index (κ3) is 8.80. The monoisotopic (exact) mass is 169 g/mol. The van der Waals surface area contributed by atoms with Crippen molar-refractivity contribution in [2.24, 2.45) is 0 Å². The van der Waals surface area contributed by atoms with Gasteiger partial charge in [-0.3, -0.25) is 5.32 Å². The fourth-order valence-corrected chi connectivity index (χ4v) is 0.323. The number of rotatable bonds is 2. The molecule has 0 aromatic rings. The molecule has 0 fully saturated rings. The Labute approximate surface area is 60.5 Å². The van der Waals surface area contributed by atoms with Gasteiger partial charge in [0.15, 0.2) is 0 Å². The van der Waals surface area contributed by atoms with Crippen molar-refractivity contribution in [3.63, 3.8) is 0 Å². The van der Waals surface area contributed by atoms with Crippen molar-refractivity contribution in [1.29, 1.82) is 0 Å². The van der Waals surface area contributed by atoms with E-state index in [1.54, 1.807) is 5.32 Å². The average molecular weight is 169 g/mol. The maximum Gasteiger partial charge on any atom is 0.408 e. The predicted molar refractivity (Wildman–Crippen MR) is 31.0 cm³/mol. The molecule has 11 heavy (non-hydrogen) atoms. The van der Waals surface area contributed by atoms with Crippen molar-refractivity contribution < 1.29 is 23.1 Å². The molecule has 0 saturated heterocycles. The van der Waals surface area contributed by atoms with Crippen LogP contribution < -0.4 is 5.32 Å². The lowest BCUT2D eigenvalue weighted by atomic mass is 10.4. The van der Waals surface area contributed by atoms with E-state index < -0.39 is 18.7 Å². The molecule has 0 rings (SSSR count). The van der Waals surface area contributed by atoms with Crippen LogP contribution in [0.2, 0.25) is 0 Å². The normalized spacial score (nSPS) is 11.9. The molecule has 0 saturated carbocycles. The summed E-state index contributed by atoms with van der Waals surface area (Å²) in [6, 6.07) is 0. The zero-order chi connectivity index (χ0) is 8.91. The van der Waals surface area contributed by atoms with Crippen LogP contribution in [-0.2, 0) is 0 Å². The number of nitrogens with one attached hydrogen (secondary N) is 1. The summed E-state index contributed by atoms with van der Waals surface area (Å²) in [7, 11) is 0. The lowest BCUT2D eigenvalue weighted by molar-refractivity contribution is -0.125. The first kappa shape index (κ1) is 9.80. The molecule has 0 aromatic carbocycles. The van der Waals surface area contributed by atoms with Gasteiger partial charge in [0.2, 0.25) is 0 Å². The molecule has 0 bridgehead atoms. The van der Waals surface area contributed by atoms with Crippen molar-refractivity contribution in [3.05, 3.63) is 12.3 Å². The lowest BCUT2D eigenvalue weighted by Crippen LogP contribution is -2.13. The molecule has 2 N–H and O–H groups in total. The number of alkyl halides is 3. The summed E-state index contributed by atoms with van der Waals surface area (Å²) in [4.78, 5) is 9.68. The number of hydrogen-bond donors (Lipinski definition) is 2. The second-order valence-corrected chi connectivity index (χ2v) is 1.67. The zero-order valence-corrected chi connectivity index (χ0v) is 5.35. The van der Waals surface area contributed by atoms with Gasteiger partial charge in [-0.25, -0.2) is 4.79 Å². The van der Waals surface area contributed by atoms with E-state index in [1.807, 2.05) is 0 Å². The van der Waals surface area contributed by atoms with E-state index in [9.17, 15) is 18.0 Å². The van der Waals surface area contributed by atoms with Crippen LogP contribution in [0.25, 0.3) is 0 Å². The number of allylic oxidation sites excluding steroid dienone is 1. The molecule has 0 radical (unpaired) electrons. The van der Waals surface area contributed by atoms with Crippen LogP contribution >= 0.6 is 0 Å². The lowest BCUT2D eigenvalue weighted by Gasteiger charge is -1.99. The first-order valence-corrected chi connectivity index (χ1v) is 2.63. The van der Waals surface area contributed by atoms with Crippen molar-refractivity contribution in [2.45, 2.75) is 12.6 Å². The molecule has 0 aliphatic heterocycles. The molecule has 0 aliphatic carbocycles. The van der Waals surface area contributed by atoms with Crippen LogP contribution in [0.4, 0.5) is 18.0 Å². The molecule has 0 aliphatic rings. The average Bonchev–Trinajstić information content (AvgIpc) is 1.78. The van der Waals surface area contributed by atoms with E-state index in [1.165, 1.54) is 0 Å². The fraction of sp³-hybridized carbons (Fsp3) is 0.400. The Kier molecular flexibility index (Phi) is 3.43. The molecule has 0 spiro atoms. The van der Waals surface area contributed by atoms with Crippen LogP contribution in [0.3, 0.4) is 0 Å². The summed E-state index contributed by atoms with van der Waals surface area (Å²) < 4.78 is 34.1. The van der Waals surface area contributed by atoms with Gasteiger partial charge in [-0.2, -0.15) is 13.2 Å². The van der Waals surface area contributed by atoms with E-state index >= 15 is 0 Å². The van der Waals surface area contributed by atoms with E-state index in [4.69, 9.17) is 5.11 Å². The highest BCUT2D eigenvalue weighted by atomic mass is 19.4. The van der Waals surface area contributed by atoms with Gasteiger partial charge in [-0.05, 0) is 0 Å². The van der Waals surface area contributed by atoms with E-state index in [0.717, 1.165) is 6.20 Å². The maximum atomic E-state index is 11.4. The van der Waals surface area contributed by atoms with Gasteiger partial charge in [-0.15, -0.1) is 0 Å². The molecular weight excluding hydrogens is 163 g/mol. The third-order valence-electron chi connectivity index (χ3n) is 0.674. The molecule has 0 aromatic heterocycles. The Morgan fingerprint density at radius 1 is 1.55 bits per heavy atom. The molecule has 6 heteroatoms. The summed E-state index contributed by atoms with van der Waals surface area (Å²) in [6.45, 7) is 0. The van der Waals surface area contributed by atoms with Crippen LogP contribution in [0.5, 0.6) is 0 Å². The number of carboxylic acid groups (broad SMARTS) is 1. The van der Waals surface area contributed by atoms with Gasteiger partial charge >= 0.3 is 12.3 Å². The Bertz CT molecular complexity index is 164.